The molecule has 2 N–H and O–H groups in total. The van der Waals surface area contributed by atoms with E-state index in [1.165, 1.54) is 5.32 Å². The SMILES string of the molecule is O=C(NCCNc1ccccc1)C(F)(F)C(F)(F)C(F)(F)F. The second kappa shape index (κ2) is 6.41. The number of anilines is 1. The first-order chi connectivity index (χ1) is 10.00. The molecule has 0 aliphatic carbocycles. The number of halogens is 7. The summed E-state index contributed by atoms with van der Waals surface area (Å²) in [6, 6.07) is 8.22. The first-order valence-electron chi connectivity index (χ1n) is 5.89. The fourth-order valence-corrected chi connectivity index (χ4v) is 1.37. The predicted molar refractivity (Wildman–Crippen MR) is 63.9 cm³/mol. The van der Waals surface area contributed by atoms with Crippen LogP contribution >= 0.6 is 0 Å². The lowest BCUT2D eigenvalue weighted by Gasteiger charge is -2.27. The summed E-state index contributed by atoms with van der Waals surface area (Å²) in [5, 5.41) is 3.99. The van der Waals surface area contributed by atoms with Crippen molar-refractivity contribution in [2.75, 3.05) is 18.4 Å². The first-order valence-corrected chi connectivity index (χ1v) is 5.89. The van der Waals surface area contributed by atoms with Crippen LogP contribution < -0.4 is 10.6 Å². The third-order valence-electron chi connectivity index (χ3n) is 2.55. The first kappa shape index (κ1) is 18.1. The summed E-state index contributed by atoms with van der Waals surface area (Å²) in [6.45, 7) is -0.694. The monoisotopic (exact) mass is 332 g/mol. The van der Waals surface area contributed by atoms with Crippen LogP contribution in [-0.2, 0) is 4.79 Å². The largest absolute Gasteiger partial charge is 0.460 e. The highest BCUT2D eigenvalue weighted by Gasteiger charge is 2.76. The van der Waals surface area contributed by atoms with Gasteiger partial charge >= 0.3 is 18.0 Å². The highest BCUT2D eigenvalue weighted by molar-refractivity contribution is 5.84. The van der Waals surface area contributed by atoms with E-state index in [0.717, 1.165) is 0 Å². The number of hydrogen-bond donors (Lipinski definition) is 2. The lowest BCUT2D eigenvalue weighted by Crippen LogP contribution is -2.59. The van der Waals surface area contributed by atoms with Gasteiger partial charge in [0.05, 0.1) is 0 Å². The van der Waals surface area contributed by atoms with Gasteiger partial charge in [-0.15, -0.1) is 0 Å². The Bertz CT molecular complexity index is 502. The number of nitrogens with one attached hydrogen (secondary N) is 2. The van der Waals surface area contributed by atoms with Crippen LogP contribution in [0.15, 0.2) is 30.3 Å². The molecule has 0 unspecified atom stereocenters. The van der Waals surface area contributed by atoms with Crippen LogP contribution in [0.5, 0.6) is 0 Å². The molecular formula is C12H11F7N2O. The number of rotatable bonds is 6. The second-order valence-electron chi connectivity index (χ2n) is 4.20. The van der Waals surface area contributed by atoms with E-state index in [1.807, 2.05) is 0 Å². The van der Waals surface area contributed by atoms with Gasteiger partial charge in [-0.25, -0.2) is 0 Å². The number of benzene rings is 1. The molecule has 22 heavy (non-hydrogen) atoms. The van der Waals surface area contributed by atoms with E-state index in [0.29, 0.717) is 5.69 Å². The number of carbonyl (C=O) groups excluding carboxylic acids is 1. The Balaban J connectivity index is 2.54. The maximum absolute atomic E-state index is 12.9. The lowest BCUT2D eigenvalue weighted by atomic mass is 10.1. The van der Waals surface area contributed by atoms with Gasteiger partial charge in [-0.05, 0) is 12.1 Å². The van der Waals surface area contributed by atoms with E-state index in [4.69, 9.17) is 0 Å². The van der Waals surface area contributed by atoms with E-state index in [1.54, 1.807) is 30.3 Å². The molecule has 0 saturated heterocycles. The third kappa shape index (κ3) is 3.80. The van der Waals surface area contributed by atoms with Crippen molar-refractivity contribution in [2.45, 2.75) is 18.0 Å². The minimum absolute atomic E-state index is 0.135. The average molecular weight is 332 g/mol. The van der Waals surface area contributed by atoms with Gasteiger partial charge in [0.1, 0.15) is 0 Å². The van der Waals surface area contributed by atoms with E-state index in [2.05, 4.69) is 5.32 Å². The highest BCUT2D eigenvalue weighted by atomic mass is 19.4. The normalized spacial score (nSPS) is 12.9. The molecule has 124 valence electrons. The molecule has 0 fully saturated rings. The summed E-state index contributed by atoms with van der Waals surface area (Å²) >= 11 is 0. The van der Waals surface area contributed by atoms with Crippen LogP contribution in [0.1, 0.15) is 0 Å². The van der Waals surface area contributed by atoms with Crippen molar-refractivity contribution in [3.63, 3.8) is 0 Å². The molecule has 1 amide bonds. The van der Waals surface area contributed by atoms with Gasteiger partial charge in [-0.2, -0.15) is 30.7 Å². The minimum Gasteiger partial charge on any atom is -0.383 e. The van der Waals surface area contributed by atoms with Crippen molar-refractivity contribution in [1.29, 1.82) is 0 Å². The summed E-state index contributed by atoms with van der Waals surface area (Å²) in [4.78, 5) is 10.9. The van der Waals surface area contributed by atoms with Crippen molar-refractivity contribution < 1.29 is 35.5 Å². The maximum Gasteiger partial charge on any atom is 0.460 e. The van der Waals surface area contributed by atoms with Crippen molar-refractivity contribution in [3.05, 3.63) is 30.3 Å². The van der Waals surface area contributed by atoms with Crippen LogP contribution in [0, 0.1) is 0 Å². The number of alkyl halides is 7. The second-order valence-corrected chi connectivity index (χ2v) is 4.20. The molecule has 0 aliphatic rings. The third-order valence-corrected chi connectivity index (χ3v) is 2.55. The van der Waals surface area contributed by atoms with E-state index < -0.39 is 30.5 Å². The molecular weight excluding hydrogens is 321 g/mol. The summed E-state index contributed by atoms with van der Waals surface area (Å²) in [5.41, 5.74) is 0.559. The summed E-state index contributed by atoms with van der Waals surface area (Å²) in [6.07, 6.45) is -6.53. The minimum atomic E-state index is -6.53. The van der Waals surface area contributed by atoms with Gasteiger partial charge in [0.15, 0.2) is 0 Å². The Morgan fingerprint density at radius 1 is 0.909 bits per heavy atom. The van der Waals surface area contributed by atoms with Crippen LogP contribution in [0.4, 0.5) is 36.4 Å². The Labute approximate surface area is 120 Å². The molecule has 0 aliphatic heterocycles. The Hall–Kier alpha value is -2.00. The predicted octanol–water partition coefficient (Wildman–Crippen LogP) is 3.05. The number of para-hydroxylation sites is 1. The van der Waals surface area contributed by atoms with E-state index in [9.17, 15) is 35.5 Å². The molecule has 0 aromatic heterocycles. The fourth-order valence-electron chi connectivity index (χ4n) is 1.37. The standard InChI is InChI=1S/C12H11F7N2O/c13-10(14,11(15,16)12(17,18)19)9(22)21-7-6-20-8-4-2-1-3-5-8/h1-5,20H,6-7H2,(H,21,22). The molecule has 0 bridgehead atoms. The topological polar surface area (TPSA) is 41.1 Å². The highest BCUT2D eigenvalue weighted by Crippen LogP contribution is 2.46. The van der Waals surface area contributed by atoms with Gasteiger partial charge in [0.2, 0.25) is 0 Å². The zero-order chi connectivity index (χ0) is 17.0. The van der Waals surface area contributed by atoms with Crippen LogP contribution in [0.3, 0.4) is 0 Å². The van der Waals surface area contributed by atoms with Gasteiger partial charge in [-0.1, -0.05) is 18.2 Å². The van der Waals surface area contributed by atoms with Crippen molar-refractivity contribution >= 4 is 11.6 Å². The average Bonchev–Trinajstić information content (AvgIpc) is 2.43. The molecule has 1 rings (SSSR count). The summed E-state index contributed by atoms with van der Waals surface area (Å²) < 4.78 is 86.7. The van der Waals surface area contributed by atoms with Gasteiger partial charge in [0, 0.05) is 18.8 Å². The Morgan fingerprint density at radius 3 is 1.95 bits per heavy atom. The Morgan fingerprint density at radius 2 is 1.45 bits per heavy atom. The molecule has 10 heteroatoms. The Kier molecular flexibility index (Phi) is 5.26. The molecule has 1 aromatic carbocycles. The fraction of sp³-hybridized carbons (Fsp3) is 0.417. The zero-order valence-corrected chi connectivity index (χ0v) is 10.9. The lowest BCUT2D eigenvalue weighted by molar-refractivity contribution is -0.344. The van der Waals surface area contributed by atoms with Crippen LogP contribution in [-0.4, -0.2) is 37.0 Å². The molecule has 0 atom stereocenters. The number of carbonyl (C=O) groups is 1. The zero-order valence-electron chi connectivity index (χ0n) is 10.9. The van der Waals surface area contributed by atoms with Crippen LogP contribution in [0.2, 0.25) is 0 Å². The number of hydrogen-bond acceptors (Lipinski definition) is 2. The number of amides is 1. The molecule has 1 aromatic rings. The molecule has 0 saturated carbocycles. The van der Waals surface area contributed by atoms with Gasteiger partial charge in [0.25, 0.3) is 5.91 Å². The quantitative estimate of drug-likeness (QED) is 0.621. The summed E-state index contributed by atoms with van der Waals surface area (Å²) in [7, 11) is 0. The molecule has 3 nitrogen and oxygen atoms in total. The van der Waals surface area contributed by atoms with Gasteiger partial charge in [-0.3, -0.25) is 4.79 Å². The smallest absolute Gasteiger partial charge is 0.383 e. The van der Waals surface area contributed by atoms with Crippen LogP contribution in [0.25, 0.3) is 0 Å². The van der Waals surface area contributed by atoms with Gasteiger partial charge < -0.3 is 10.6 Å². The van der Waals surface area contributed by atoms with E-state index in [-0.39, 0.29) is 6.54 Å². The molecule has 0 heterocycles. The van der Waals surface area contributed by atoms with E-state index >= 15 is 0 Å². The summed E-state index contributed by atoms with van der Waals surface area (Å²) in [5.74, 6) is -15.0. The maximum atomic E-state index is 12.9. The van der Waals surface area contributed by atoms with Crippen molar-refractivity contribution in [2.24, 2.45) is 0 Å². The molecule has 0 spiro atoms. The molecule has 0 radical (unpaired) electrons. The van der Waals surface area contributed by atoms with Crippen molar-refractivity contribution in [1.82, 2.24) is 5.32 Å². The van der Waals surface area contributed by atoms with Crippen molar-refractivity contribution in [3.8, 4) is 0 Å².